The molecule has 3 aliphatic rings. The number of rotatable bonds is 4. The molecule has 2 saturated carbocycles. The van der Waals surface area contributed by atoms with Gasteiger partial charge in [0.1, 0.15) is 12.1 Å². The molecule has 2 unspecified atom stereocenters. The molecule has 0 N–H and O–H groups in total. The highest BCUT2D eigenvalue weighted by Gasteiger charge is 2.55. The second-order valence-electron chi connectivity index (χ2n) is 8.27. The third-order valence-electron chi connectivity index (χ3n) is 6.02. The summed E-state index contributed by atoms with van der Waals surface area (Å²) >= 11 is 0. The number of nitrogens with zero attached hydrogens (tertiary/aromatic N) is 2. The summed E-state index contributed by atoms with van der Waals surface area (Å²) < 4.78 is 0. The van der Waals surface area contributed by atoms with Crippen LogP contribution in [0.4, 0.5) is 0 Å². The topological polar surface area (TPSA) is 74.8 Å². The molecule has 4 amide bonds. The van der Waals surface area contributed by atoms with E-state index in [0.29, 0.717) is 24.0 Å². The van der Waals surface area contributed by atoms with Crippen LogP contribution in [0.15, 0.2) is 60.7 Å². The summed E-state index contributed by atoms with van der Waals surface area (Å²) in [5.74, 6) is -2.33. The third kappa shape index (κ3) is 3.12. The molecular weight excluding hydrogens is 380 g/mol. The monoisotopic (exact) mass is 402 g/mol. The van der Waals surface area contributed by atoms with Crippen LogP contribution in [0.2, 0.25) is 0 Å². The van der Waals surface area contributed by atoms with E-state index < -0.39 is 29.8 Å². The second kappa shape index (κ2) is 7.20. The van der Waals surface area contributed by atoms with Crippen molar-refractivity contribution in [2.24, 2.45) is 11.8 Å². The molecule has 152 valence electrons. The van der Waals surface area contributed by atoms with Gasteiger partial charge in [-0.3, -0.25) is 19.2 Å². The number of hydrogen-bond donors (Lipinski definition) is 0. The highest BCUT2D eigenvalue weighted by Crippen LogP contribution is 2.44. The molecule has 2 aliphatic carbocycles. The highest BCUT2D eigenvalue weighted by atomic mass is 16.2. The van der Waals surface area contributed by atoms with E-state index in [9.17, 15) is 19.2 Å². The molecule has 0 aromatic heterocycles. The first-order valence-electron chi connectivity index (χ1n) is 10.4. The van der Waals surface area contributed by atoms with Crippen molar-refractivity contribution in [2.75, 3.05) is 0 Å². The maximum absolute atomic E-state index is 13.5. The molecule has 2 aromatic rings. The van der Waals surface area contributed by atoms with Crippen molar-refractivity contribution in [3.63, 3.8) is 0 Å². The molecule has 0 bridgehead atoms. The van der Waals surface area contributed by atoms with Crippen molar-refractivity contribution in [3.8, 4) is 0 Å². The second-order valence-corrected chi connectivity index (χ2v) is 8.27. The Morgan fingerprint density at radius 1 is 0.633 bits per heavy atom. The van der Waals surface area contributed by atoms with Gasteiger partial charge in [0.25, 0.3) is 11.8 Å². The summed E-state index contributed by atoms with van der Waals surface area (Å²) in [5.41, 5.74) is 1.22. The predicted octanol–water partition coefficient (Wildman–Crippen LogP) is 3.01. The van der Waals surface area contributed by atoms with Gasteiger partial charge in [-0.2, -0.15) is 0 Å². The molecule has 1 heterocycles. The van der Waals surface area contributed by atoms with Crippen molar-refractivity contribution in [1.29, 1.82) is 0 Å². The van der Waals surface area contributed by atoms with E-state index in [0.717, 1.165) is 17.7 Å². The zero-order chi connectivity index (χ0) is 20.8. The number of imide groups is 3. The zero-order valence-corrected chi connectivity index (χ0v) is 16.4. The quantitative estimate of drug-likeness (QED) is 0.737. The summed E-state index contributed by atoms with van der Waals surface area (Å²) in [4.78, 5) is 55.6. The van der Waals surface area contributed by atoms with Gasteiger partial charge in [0.15, 0.2) is 0 Å². The van der Waals surface area contributed by atoms with Crippen molar-refractivity contribution >= 4 is 23.6 Å². The van der Waals surface area contributed by atoms with Gasteiger partial charge in [0, 0.05) is 11.8 Å². The number of hydrogen-bond acceptors (Lipinski definition) is 4. The fraction of sp³-hybridized carbons (Fsp3) is 0.333. The molecule has 1 aliphatic heterocycles. The molecule has 6 nitrogen and oxygen atoms in total. The van der Waals surface area contributed by atoms with Crippen LogP contribution < -0.4 is 0 Å². The number of piperazine rings is 1. The Kier molecular flexibility index (Phi) is 4.50. The van der Waals surface area contributed by atoms with Crippen LogP contribution >= 0.6 is 0 Å². The smallest absolute Gasteiger partial charge is 0.263 e. The van der Waals surface area contributed by atoms with Crippen LogP contribution in [0.3, 0.4) is 0 Å². The number of amides is 4. The molecule has 5 rings (SSSR count). The molecule has 0 spiro atoms. The van der Waals surface area contributed by atoms with Crippen LogP contribution in [-0.2, 0) is 19.2 Å². The maximum Gasteiger partial charge on any atom is 0.263 e. The maximum atomic E-state index is 13.5. The lowest BCUT2D eigenvalue weighted by Gasteiger charge is -2.44. The summed E-state index contributed by atoms with van der Waals surface area (Å²) in [6.07, 6.45) is 2.89. The lowest BCUT2D eigenvalue weighted by atomic mass is 9.92. The van der Waals surface area contributed by atoms with E-state index in [-0.39, 0.29) is 17.7 Å². The molecule has 30 heavy (non-hydrogen) atoms. The molecule has 0 radical (unpaired) electrons. The summed E-state index contributed by atoms with van der Waals surface area (Å²) in [6.45, 7) is 0. The Morgan fingerprint density at radius 2 is 1.03 bits per heavy atom. The highest BCUT2D eigenvalue weighted by molar-refractivity contribution is 6.18. The normalized spacial score (nSPS) is 24.1. The van der Waals surface area contributed by atoms with Crippen LogP contribution in [0.5, 0.6) is 0 Å². The van der Waals surface area contributed by atoms with Gasteiger partial charge < -0.3 is 4.90 Å². The van der Waals surface area contributed by atoms with Crippen molar-refractivity contribution in [3.05, 3.63) is 71.8 Å². The standard InChI is InChI=1S/C24H22N2O4/c27-21(17-11-12-17)25-19(15-7-3-1-4-8-15)23(29)26(22(28)18-13-14-18)24(30)20(25)16-9-5-2-6-10-16/h1-10,17-20H,11-14H2. The Bertz CT molecular complexity index is 953. The van der Waals surface area contributed by atoms with E-state index in [2.05, 4.69) is 0 Å². The Hall–Kier alpha value is -3.28. The molecule has 3 fully saturated rings. The van der Waals surface area contributed by atoms with Gasteiger partial charge in [0.2, 0.25) is 11.8 Å². The van der Waals surface area contributed by atoms with Gasteiger partial charge >= 0.3 is 0 Å². The fourth-order valence-corrected chi connectivity index (χ4v) is 4.14. The molecule has 2 atom stereocenters. The average Bonchev–Trinajstić information content (AvgIpc) is 3.66. The van der Waals surface area contributed by atoms with Gasteiger partial charge in [-0.05, 0) is 36.8 Å². The third-order valence-corrected chi connectivity index (χ3v) is 6.02. The van der Waals surface area contributed by atoms with E-state index >= 15 is 0 Å². The Balaban J connectivity index is 1.67. The number of benzene rings is 2. The van der Waals surface area contributed by atoms with Crippen LogP contribution in [0.25, 0.3) is 0 Å². The minimum atomic E-state index is -0.995. The van der Waals surface area contributed by atoms with Crippen LogP contribution in [0, 0.1) is 11.8 Å². The zero-order valence-electron chi connectivity index (χ0n) is 16.4. The number of carbonyl (C=O) groups excluding carboxylic acids is 4. The minimum Gasteiger partial charge on any atom is -0.310 e. The predicted molar refractivity (Wildman–Crippen MR) is 108 cm³/mol. The van der Waals surface area contributed by atoms with Gasteiger partial charge in [-0.25, -0.2) is 4.90 Å². The minimum absolute atomic E-state index is 0.172. The molecule has 6 heteroatoms. The van der Waals surface area contributed by atoms with E-state index in [1.807, 2.05) is 12.1 Å². The Labute approximate surface area is 174 Å². The van der Waals surface area contributed by atoms with E-state index in [1.54, 1.807) is 48.5 Å². The van der Waals surface area contributed by atoms with Crippen molar-refractivity contribution in [2.45, 2.75) is 37.8 Å². The van der Waals surface area contributed by atoms with Gasteiger partial charge in [-0.15, -0.1) is 0 Å². The van der Waals surface area contributed by atoms with Crippen molar-refractivity contribution in [1.82, 2.24) is 9.80 Å². The lowest BCUT2D eigenvalue weighted by molar-refractivity contribution is -0.173. The van der Waals surface area contributed by atoms with Gasteiger partial charge in [-0.1, -0.05) is 60.7 Å². The summed E-state index contributed by atoms with van der Waals surface area (Å²) in [6, 6.07) is 15.9. The Morgan fingerprint density at radius 3 is 1.43 bits per heavy atom. The molecular formula is C24H22N2O4. The lowest BCUT2D eigenvalue weighted by Crippen LogP contribution is -2.60. The first-order valence-corrected chi connectivity index (χ1v) is 10.4. The largest absolute Gasteiger partial charge is 0.310 e. The summed E-state index contributed by atoms with van der Waals surface area (Å²) in [7, 11) is 0. The number of carbonyl (C=O) groups is 4. The molecule has 1 saturated heterocycles. The SMILES string of the molecule is O=C(C1CC1)N1C(=O)C(c2ccccc2)N(C(=O)C2CC2)C(c2ccccc2)C1=O. The average molecular weight is 402 g/mol. The van der Waals surface area contributed by atoms with Crippen molar-refractivity contribution < 1.29 is 19.2 Å². The van der Waals surface area contributed by atoms with Crippen LogP contribution in [-0.4, -0.2) is 33.4 Å². The van der Waals surface area contributed by atoms with Gasteiger partial charge in [0.05, 0.1) is 0 Å². The summed E-state index contributed by atoms with van der Waals surface area (Å²) in [5, 5.41) is 0. The first-order chi connectivity index (χ1) is 14.6. The van der Waals surface area contributed by atoms with E-state index in [4.69, 9.17) is 0 Å². The van der Waals surface area contributed by atoms with Crippen LogP contribution in [0.1, 0.15) is 48.9 Å². The first kappa shape index (κ1) is 18.7. The fourth-order valence-electron chi connectivity index (χ4n) is 4.14. The molecule has 2 aromatic carbocycles. The van der Waals surface area contributed by atoms with E-state index in [1.165, 1.54) is 4.90 Å².